The Balaban J connectivity index is 1.43. The third-order valence-electron chi connectivity index (χ3n) is 8.78. The number of amides is 1. The molecule has 1 saturated heterocycles. The van der Waals surface area contributed by atoms with E-state index in [1.807, 2.05) is 4.90 Å². The van der Waals surface area contributed by atoms with E-state index < -0.39 is 30.5 Å². The Morgan fingerprint density at radius 3 is 2.14 bits per heavy atom. The van der Waals surface area contributed by atoms with Gasteiger partial charge in [-0.05, 0) is 53.1 Å². The fourth-order valence-electron chi connectivity index (χ4n) is 6.66. The number of anilines is 1. The molecule has 11 heteroatoms. The zero-order valence-corrected chi connectivity index (χ0v) is 24.3. The number of carbonyl (C=O) groups excluding carboxylic acids is 1. The van der Waals surface area contributed by atoms with Crippen LogP contribution in [0, 0.1) is 17.7 Å². The van der Waals surface area contributed by atoms with Crippen molar-refractivity contribution in [3.05, 3.63) is 71.0 Å². The molecule has 0 saturated carbocycles. The van der Waals surface area contributed by atoms with E-state index in [-0.39, 0.29) is 18.5 Å². The van der Waals surface area contributed by atoms with Crippen LogP contribution in [0.3, 0.4) is 0 Å². The molecule has 0 bridgehead atoms. The third kappa shape index (κ3) is 4.96. The second-order valence-electron chi connectivity index (χ2n) is 10.9. The lowest BCUT2D eigenvalue weighted by atomic mass is 9.64. The molecule has 6 rings (SSSR count). The van der Waals surface area contributed by atoms with Crippen molar-refractivity contribution in [3.63, 3.8) is 0 Å². The van der Waals surface area contributed by atoms with Crippen molar-refractivity contribution in [2.24, 2.45) is 11.8 Å². The Hall–Kier alpha value is -4.22. The van der Waals surface area contributed by atoms with Gasteiger partial charge < -0.3 is 43.7 Å². The van der Waals surface area contributed by atoms with Gasteiger partial charge in [0, 0.05) is 44.6 Å². The number of nitrogens with zero attached hydrogens (tertiary/aromatic N) is 2. The van der Waals surface area contributed by atoms with Gasteiger partial charge in [-0.1, -0.05) is 12.1 Å². The van der Waals surface area contributed by atoms with E-state index in [9.17, 15) is 19.4 Å². The van der Waals surface area contributed by atoms with E-state index >= 15 is 0 Å². The Labute approximate surface area is 249 Å². The fourth-order valence-corrected chi connectivity index (χ4v) is 6.66. The van der Waals surface area contributed by atoms with Crippen LogP contribution in [0.5, 0.6) is 28.7 Å². The van der Waals surface area contributed by atoms with Crippen molar-refractivity contribution in [2.45, 2.75) is 12.0 Å². The van der Waals surface area contributed by atoms with Crippen molar-refractivity contribution >= 4 is 11.6 Å². The molecule has 1 aliphatic carbocycles. The van der Waals surface area contributed by atoms with Gasteiger partial charge in [-0.25, -0.2) is 4.39 Å². The van der Waals surface area contributed by atoms with Crippen LogP contribution in [0.2, 0.25) is 0 Å². The standard InChI is InChI=1S/C32H35FN2O8/c1-39-26-12-18(13-27(40-2)31(26)41-3)28-19-14-24-25(43-17-42-24)15-20(19)30(37)21(16-36)29(28)32(38)35-10-8-34(9-11-35)23-7-5-4-6-22(23)33/h4-7,12-15,21,28-30,36-37H,8-11,16-17H2,1-3H3/t21-,28+,29-,30-/m0/s1. The van der Waals surface area contributed by atoms with Crippen LogP contribution in [-0.4, -0.2) is 81.9 Å². The quantitative estimate of drug-likeness (QED) is 0.426. The minimum atomic E-state index is -1.14. The predicted octanol–water partition coefficient (Wildman–Crippen LogP) is 3.33. The van der Waals surface area contributed by atoms with Gasteiger partial charge in [-0.2, -0.15) is 0 Å². The first-order chi connectivity index (χ1) is 20.9. The molecule has 2 N–H and O–H groups in total. The van der Waals surface area contributed by atoms with E-state index in [2.05, 4.69) is 0 Å². The Morgan fingerprint density at radius 2 is 1.56 bits per heavy atom. The van der Waals surface area contributed by atoms with Gasteiger partial charge in [-0.15, -0.1) is 0 Å². The minimum absolute atomic E-state index is 0.0429. The maximum Gasteiger partial charge on any atom is 0.231 e. The van der Waals surface area contributed by atoms with Crippen molar-refractivity contribution in [1.29, 1.82) is 0 Å². The Morgan fingerprint density at radius 1 is 0.930 bits per heavy atom. The first kappa shape index (κ1) is 28.9. The summed E-state index contributed by atoms with van der Waals surface area (Å²) in [6.07, 6.45) is -1.14. The van der Waals surface area contributed by atoms with Crippen LogP contribution in [0.25, 0.3) is 0 Å². The summed E-state index contributed by atoms with van der Waals surface area (Å²) in [6, 6.07) is 13.7. The number of rotatable bonds is 7. The number of hydrogen-bond acceptors (Lipinski definition) is 9. The number of carbonyl (C=O) groups is 1. The number of aliphatic hydroxyl groups is 2. The molecule has 3 aromatic carbocycles. The highest BCUT2D eigenvalue weighted by Crippen LogP contribution is 2.54. The van der Waals surface area contributed by atoms with Crippen molar-refractivity contribution in [3.8, 4) is 28.7 Å². The molecule has 3 aromatic rings. The molecule has 0 unspecified atom stereocenters. The zero-order chi connectivity index (χ0) is 30.2. The van der Waals surface area contributed by atoms with E-state index in [0.717, 1.165) is 0 Å². The van der Waals surface area contributed by atoms with Gasteiger partial charge in [0.2, 0.25) is 18.4 Å². The number of fused-ring (bicyclic) bond motifs is 2. The van der Waals surface area contributed by atoms with Crippen LogP contribution < -0.4 is 28.6 Å². The van der Waals surface area contributed by atoms with E-state index in [4.69, 9.17) is 23.7 Å². The normalized spacial score (nSPS) is 22.7. The molecule has 4 atom stereocenters. The smallest absolute Gasteiger partial charge is 0.231 e. The molecule has 1 amide bonds. The number of methoxy groups -OCH3 is 3. The lowest BCUT2D eigenvalue weighted by Gasteiger charge is -2.45. The molecule has 3 aliphatic rings. The average molecular weight is 595 g/mol. The second-order valence-corrected chi connectivity index (χ2v) is 10.9. The maximum absolute atomic E-state index is 14.5. The van der Waals surface area contributed by atoms with E-state index in [1.54, 1.807) is 47.4 Å². The monoisotopic (exact) mass is 594 g/mol. The predicted molar refractivity (Wildman–Crippen MR) is 155 cm³/mol. The topological polar surface area (TPSA) is 110 Å². The highest BCUT2D eigenvalue weighted by Gasteiger charge is 2.49. The summed E-state index contributed by atoms with van der Waals surface area (Å²) in [5.74, 6) is -0.583. The van der Waals surface area contributed by atoms with Crippen LogP contribution in [0.15, 0.2) is 48.5 Å². The summed E-state index contributed by atoms with van der Waals surface area (Å²) in [6.45, 7) is 1.20. The summed E-state index contributed by atoms with van der Waals surface area (Å²) < 4.78 is 42.6. The van der Waals surface area contributed by atoms with E-state index in [0.29, 0.717) is 77.3 Å². The number of aliphatic hydroxyl groups excluding tert-OH is 2. The summed E-state index contributed by atoms with van der Waals surface area (Å²) in [5, 5.41) is 22.3. The average Bonchev–Trinajstić information content (AvgIpc) is 3.51. The number of para-hydroxylation sites is 1. The van der Waals surface area contributed by atoms with Gasteiger partial charge in [0.1, 0.15) is 5.82 Å². The minimum Gasteiger partial charge on any atom is -0.493 e. The molecule has 1 fully saturated rings. The van der Waals surface area contributed by atoms with Crippen LogP contribution in [-0.2, 0) is 4.79 Å². The van der Waals surface area contributed by atoms with E-state index in [1.165, 1.54) is 27.4 Å². The van der Waals surface area contributed by atoms with Gasteiger partial charge in [0.15, 0.2) is 23.0 Å². The largest absolute Gasteiger partial charge is 0.493 e. The molecule has 10 nitrogen and oxygen atoms in total. The van der Waals surface area contributed by atoms with Crippen LogP contribution in [0.4, 0.5) is 10.1 Å². The lowest BCUT2D eigenvalue weighted by molar-refractivity contribution is -0.142. The molecule has 0 spiro atoms. The summed E-state index contributed by atoms with van der Waals surface area (Å²) in [5.41, 5.74) is 2.41. The van der Waals surface area contributed by atoms with Gasteiger partial charge >= 0.3 is 0 Å². The molecule has 43 heavy (non-hydrogen) atoms. The summed E-state index contributed by atoms with van der Waals surface area (Å²) >= 11 is 0. The fraction of sp³-hybridized carbons (Fsp3) is 0.406. The molecule has 2 heterocycles. The molecule has 2 aliphatic heterocycles. The van der Waals surface area contributed by atoms with Gasteiger partial charge in [-0.3, -0.25) is 4.79 Å². The maximum atomic E-state index is 14.5. The van der Waals surface area contributed by atoms with Crippen LogP contribution in [0.1, 0.15) is 28.7 Å². The summed E-state index contributed by atoms with van der Waals surface area (Å²) in [4.78, 5) is 18.2. The van der Waals surface area contributed by atoms with Crippen molar-refractivity contribution in [1.82, 2.24) is 4.90 Å². The number of piperazine rings is 1. The third-order valence-corrected chi connectivity index (χ3v) is 8.78. The molecular formula is C32H35FN2O8. The van der Waals surface area contributed by atoms with Crippen LogP contribution >= 0.6 is 0 Å². The van der Waals surface area contributed by atoms with Gasteiger partial charge in [0.05, 0.1) is 39.0 Å². The Kier molecular flexibility index (Phi) is 7.93. The number of benzene rings is 3. The zero-order valence-electron chi connectivity index (χ0n) is 24.3. The molecular weight excluding hydrogens is 559 g/mol. The van der Waals surface area contributed by atoms with Crippen molar-refractivity contribution < 1.29 is 43.1 Å². The number of hydrogen-bond donors (Lipinski definition) is 2. The highest BCUT2D eigenvalue weighted by molar-refractivity contribution is 5.82. The SMILES string of the molecule is COc1cc([C@@H]2c3cc4c(cc3[C@H](O)[C@@H](CO)[C@@H]2C(=O)N2CCN(c3ccccc3F)CC2)OCO4)cc(OC)c1OC. The van der Waals surface area contributed by atoms with Crippen molar-refractivity contribution in [2.75, 3.05) is 65.8 Å². The summed E-state index contributed by atoms with van der Waals surface area (Å²) in [7, 11) is 4.56. The second kappa shape index (κ2) is 11.8. The lowest BCUT2D eigenvalue weighted by Crippen LogP contribution is -2.54. The van der Waals surface area contributed by atoms with Gasteiger partial charge in [0.25, 0.3) is 0 Å². The molecule has 0 radical (unpaired) electrons. The Bertz CT molecular complexity index is 1480. The highest BCUT2D eigenvalue weighted by atomic mass is 19.1. The number of halogens is 1. The number of ether oxygens (including phenoxy) is 5. The first-order valence-electron chi connectivity index (χ1n) is 14.2. The molecule has 228 valence electrons. The molecule has 0 aromatic heterocycles. The first-order valence-corrected chi connectivity index (χ1v) is 14.2.